The second-order valence-corrected chi connectivity index (χ2v) is 8.50. The van der Waals surface area contributed by atoms with Gasteiger partial charge in [0.05, 0.1) is 0 Å². The van der Waals surface area contributed by atoms with Gasteiger partial charge in [0, 0.05) is 0 Å². The minimum atomic E-state index is -4.60. The Morgan fingerprint density at radius 2 is 2.20 bits per heavy atom. The molecule has 15 heavy (non-hydrogen) atoms. The van der Waals surface area contributed by atoms with Crippen molar-refractivity contribution in [1.29, 1.82) is 0 Å². The Morgan fingerprint density at radius 3 is 2.73 bits per heavy atom. The van der Waals surface area contributed by atoms with Gasteiger partial charge in [0.2, 0.25) is 0 Å². The van der Waals surface area contributed by atoms with Gasteiger partial charge in [-0.1, -0.05) is 0 Å². The number of hydrogen-bond donors (Lipinski definition) is 2. The molecule has 1 aliphatic rings. The Balaban J connectivity index is 2.44. The average molecular weight is 266 g/mol. The molecule has 0 saturated carbocycles. The zero-order valence-corrected chi connectivity index (χ0v) is 10.1. The second kappa shape index (κ2) is 4.41. The predicted molar refractivity (Wildman–Crippen MR) is 52.9 cm³/mol. The van der Waals surface area contributed by atoms with E-state index in [9.17, 15) is 13.5 Å². The van der Waals surface area contributed by atoms with E-state index >= 15 is 0 Å². The molecular weight excluding hydrogens is 252 g/mol. The number of hydrogen-bond acceptors (Lipinski definition) is 5. The van der Waals surface area contributed by atoms with Crippen molar-refractivity contribution in [3.8, 4) is 0 Å². The van der Waals surface area contributed by atoms with E-state index in [1.807, 2.05) is 0 Å². The van der Waals surface area contributed by atoms with E-state index in [-0.39, 0.29) is 6.61 Å². The van der Waals surface area contributed by atoms with Crippen LogP contribution in [0.4, 0.5) is 8.39 Å². The third-order valence-electron chi connectivity index (χ3n) is 1.60. The first kappa shape index (κ1) is 13.6. The summed E-state index contributed by atoms with van der Waals surface area (Å²) in [6.07, 6.45) is -2.10. The summed E-state index contributed by atoms with van der Waals surface area (Å²) in [5.41, 5.74) is 0. The van der Waals surface area contributed by atoms with E-state index in [0.717, 1.165) is 13.3 Å². The van der Waals surface area contributed by atoms with Gasteiger partial charge < -0.3 is 0 Å². The van der Waals surface area contributed by atoms with Gasteiger partial charge in [-0.25, -0.2) is 0 Å². The summed E-state index contributed by atoms with van der Waals surface area (Å²) < 4.78 is 39.5. The van der Waals surface area contributed by atoms with Crippen molar-refractivity contribution in [2.45, 2.75) is 12.2 Å². The fourth-order valence-corrected chi connectivity index (χ4v) is 2.19. The first-order valence-corrected chi connectivity index (χ1v) is 8.16. The average Bonchev–Trinajstić information content (AvgIpc) is 2.04. The van der Waals surface area contributed by atoms with Crippen LogP contribution in [0.2, 0.25) is 0 Å². The molecule has 0 aromatic carbocycles. The fraction of sp³-hybridized carbons (Fsp3) is 1.00. The van der Waals surface area contributed by atoms with Gasteiger partial charge in [0.15, 0.2) is 0 Å². The summed E-state index contributed by atoms with van der Waals surface area (Å²) in [7, 11) is -7.15. The van der Waals surface area contributed by atoms with Crippen LogP contribution in [-0.2, 0) is 13.6 Å². The molecule has 5 nitrogen and oxygen atoms in total. The Labute approximate surface area is 87.6 Å². The van der Waals surface area contributed by atoms with Crippen LogP contribution in [0.15, 0.2) is 0 Å². The Kier molecular flexibility index (Phi) is 4.00. The second-order valence-electron chi connectivity index (χ2n) is 3.79. The van der Waals surface area contributed by atoms with Crippen molar-refractivity contribution in [2.24, 2.45) is 0 Å². The predicted octanol–water partition coefficient (Wildman–Crippen LogP) is 1.50. The van der Waals surface area contributed by atoms with Crippen LogP contribution in [-0.4, -0.2) is 48.8 Å². The quantitative estimate of drug-likeness (QED) is 0.757. The van der Waals surface area contributed by atoms with E-state index in [0.29, 0.717) is 0 Å². The van der Waals surface area contributed by atoms with E-state index < -0.39 is 34.9 Å². The van der Waals surface area contributed by atoms with Crippen LogP contribution in [0, 0.1) is 0 Å². The number of halogens is 2. The standard InChI is InChI=1S/C6H14F2O5P2/c1-15(2,8,10)12-4-6-5(9)3-11-14(7)13-6/h5-6,9-10H,3-4H2,1-2H3. The molecule has 3 unspecified atom stereocenters. The van der Waals surface area contributed by atoms with Gasteiger partial charge in [0.1, 0.15) is 0 Å². The van der Waals surface area contributed by atoms with Crippen LogP contribution in [0.5, 0.6) is 0 Å². The van der Waals surface area contributed by atoms with Crippen LogP contribution >= 0.6 is 16.1 Å². The first-order chi connectivity index (χ1) is 6.63. The van der Waals surface area contributed by atoms with Crippen molar-refractivity contribution in [3.63, 3.8) is 0 Å². The van der Waals surface area contributed by atoms with Crippen molar-refractivity contribution >= 4 is 16.1 Å². The molecule has 1 saturated heterocycles. The molecule has 0 spiro atoms. The monoisotopic (exact) mass is 266 g/mol. The van der Waals surface area contributed by atoms with E-state index in [1.54, 1.807) is 0 Å². The van der Waals surface area contributed by atoms with Crippen molar-refractivity contribution in [1.82, 2.24) is 0 Å². The summed E-state index contributed by atoms with van der Waals surface area (Å²) >= 11 is 0. The number of aliphatic hydroxyl groups is 1. The molecule has 0 aromatic rings. The number of rotatable bonds is 3. The van der Waals surface area contributed by atoms with Gasteiger partial charge in [-0.15, -0.1) is 0 Å². The number of aliphatic hydroxyl groups excluding tert-OH is 1. The molecule has 1 rings (SSSR count). The summed E-state index contributed by atoms with van der Waals surface area (Å²) in [6.45, 7) is 1.22. The van der Waals surface area contributed by atoms with Crippen LogP contribution in [0.25, 0.3) is 0 Å². The minimum absolute atomic E-state index is 0.225. The van der Waals surface area contributed by atoms with Gasteiger partial charge in [-0.2, -0.15) is 0 Å². The summed E-state index contributed by atoms with van der Waals surface area (Å²) in [6, 6.07) is 0. The van der Waals surface area contributed by atoms with Crippen LogP contribution in [0.1, 0.15) is 0 Å². The first-order valence-electron chi connectivity index (χ1n) is 4.20. The molecule has 0 aliphatic carbocycles. The molecule has 0 aromatic heterocycles. The van der Waals surface area contributed by atoms with Gasteiger partial charge in [0.25, 0.3) is 0 Å². The molecular formula is C6H14F2O5P2. The van der Waals surface area contributed by atoms with E-state index in [1.165, 1.54) is 0 Å². The zero-order chi connectivity index (χ0) is 11.7. The van der Waals surface area contributed by atoms with Gasteiger partial charge >= 0.3 is 86.8 Å². The molecule has 92 valence electrons. The fourth-order valence-electron chi connectivity index (χ4n) is 0.875. The third-order valence-corrected chi connectivity index (χ3v) is 3.26. The maximum absolute atomic E-state index is 13.3. The topological polar surface area (TPSA) is 68.2 Å². The van der Waals surface area contributed by atoms with Gasteiger partial charge in [-0.05, 0) is 0 Å². The molecule has 1 heterocycles. The molecule has 0 amide bonds. The van der Waals surface area contributed by atoms with E-state index in [4.69, 9.17) is 4.89 Å². The third kappa shape index (κ3) is 5.41. The summed E-state index contributed by atoms with van der Waals surface area (Å²) in [5, 5.41) is 9.29. The summed E-state index contributed by atoms with van der Waals surface area (Å²) in [5.74, 6) is 0. The molecule has 2 N–H and O–H groups in total. The van der Waals surface area contributed by atoms with Crippen LogP contribution < -0.4 is 0 Å². The molecule has 9 heteroatoms. The van der Waals surface area contributed by atoms with E-state index in [2.05, 4.69) is 13.6 Å². The Bertz CT molecular complexity index is 224. The van der Waals surface area contributed by atoms with Crippen molar-refractivity contribution in [2.75, 3.05) is 26.5 Å². The normalized spacial score (nSPS) is 35.9. The maximum atomic E-state index is 13.3. The van der Waals surface area contributed by atoms with Crippen LogP contribution in [0.3, 0.4) is 0 Å². The molecule has 3 atom stereocenters. The molecule has 1 fully saturated rings. The SMILES string of the molecule is CP(C)(O)(F)OCC1OP(F)OCC1O. The summed E-state index contributed by atoms with van der Waals surface area (Å²) in [4.78, 5) is 9.15. The Morgan fingerprint density at radius 1 is 1.60 bits per heavy atom. The van der Waals surface area contributed by atoms with Crippen molar-refractivity contribution < 1.29 is 32.0 Å². The van der Waals surface area contributed by atoms with Crippen molar-refractivity contribution in [3.05, 3.63) is 0 Å². The Hall–Kier alpha value is 0.520. The zero-order valence-electron chi connectivity index (χ0n) is 8.34. The van der Waals surface area contributed by atoms with Gasteiger partial charge in [-0.3, -0.25) is 0 Å². The molecule has 1 aliphatic heterocycles. The molecule has 0 bridgehead atoms. The molecule has 0 radical (unpaired) electrons.